The van der Waals surface area contributed by atoms with Crippen LogP contribution < -0.4 is 11.1 Å². The molecule has 1 unspecified atom stereocenters. The Morgan fingerprint density at radius 2 is 1.95 bits per heavy atom. The third-order valence-corrected chi connectivity index (χ3v) is 4.96. The number of benzene rings is 1. The van der Waals surface area contributed by atoms with Crippen molar-refractivity contribution in [3.05, 3.63) is 29.3 Å². The van der Waals surface area contributed by atoms with Gasteiger partial charge in [0.2, 0.25) is 0 Å². The average Bonchev–Trinajstić information content (AvgIpc) is 2.70. The van der Waals surface area contributed by atoms with Crippen LogP contribution in [0.2, 0.25) is 0 Å². The standard InChI is InChI=1S/C17H26N2O/c18-14-6-7-15-13(11-14)5-8-16(15)19-12-17(20)9-3-1-2-4-10-17/h6-7,11,16,19-20H,1-5,8-10,12,18H2. The highest BCUT2D eigenvalue weighted by Crippen LogP contribution is 2.33. The molecule has 0 bridgehead atoms. The van der Waals surface area contributed by atoms with Crippen LogP contribution >= 0.6 is 0 Å². The summed E-state index contributed by atoms with van der Waals surface area (Å²) in [5.74, 6) is 0. The van der Waals surface area contributed by atoms with Gasteiger partial charge in [0.15, 0.2) is 0 Å². The van der Waals surface area contributed by atoms with E-state index in [4.69, 9.17) is 5.73 Å². The lowest BCUT2D eigenvalue weighted by atomic mass is 9.94. The molecule has 0 aliphatic heterocycles. The Kier molecular flexibility index (Phi) is 3.99. The molecule has 4 N–H and O–H groups in total. The van der Waals surface area contributed by atoms with Gasteiger partial charge in [-0.15, -0.1) is 0 Å². The van der Waals surface area contributed by atoms with Crippen molar-refractivity contribution in [2.24, 2.45) is 0 Å². The van der Waals surface area contributed by atoms with E-state index < -0.39 is 5.60 Å². The summed E-state index contributed by atoms with van der Waals surface area (Å²) in [6.45, 7) is 0.724. The Morgan fingerprint density at radius 3 is 2.70 bits per heavy atom. The van der Waals surface area contributed by atoms with Gasteiger partial charge in [0.05, 0.1) is 5.60 Å². The minimum Gasteiger partial charge on any atom is -0.399 e. The van der Waals surface area contributed by atoms with Gasteiger partial charge >= 0.3 is 0 Å². The van der Waals surface area contributed by atoms with E-state index in [0.717, 1.165) is 50.8 Å². The van der Waals surface area contributed by atoms with Crippen molar-refractivity contribution in [2.75, 3.05) is 12.3 Å². The van der Waals surface area contributed by atoms with E-state index in [1.54, 1.807) is 0 Å². The predicted molar refractivity (Wildman–Crippen MR) is 82.6 cm³/mol. The van der Waals surface area contributed by atoms with E-state index in [1.165, 1.54) is 24.0 Å². The molecule has 3 nitrogen and oxygen atoms in total. The maximum Gasteiger partial charge on any atom is 0.0771 e. The molecule has 1 atom stereocenters. The molecule has 2 aliphatic carbocycles. The fraction of sp³-hybridized carbons (Fsp3) is 0.647. The number of nitrogens with two attached hydrogens (primary N) is 1. The molecule has 0 aromatic heterocycles. The molecule has 1 saturated carbocycles. The van der Waals surface area contributed by atoms with E-state index in [0.29, 0.717) is 6.04 Å². The Bertz CT molecular complexity index is 464. The predicted octanol–water partition coefficient (Wildman–Crippen LogP) is 2.93. The number of anilines is 1. The Labute approximate surface area is 121 Å². The zero-order valence-electron chi connectivity index (χ0n) is 12.2. The number of aliphatic hydroxyl groups is 1. The summed E-state index contributed by atoms with van der Waals surface area (Å²) < 4.78 is 0. The molecule has 110 valence electrons. The highest BCUT2D eigenvalue weighted by atomic mass is 16.3. The minimum absolute atomic E-state index is 0.387. The van der Waals surface area contributed by atoms with Crippen LogP contribution in [0.3, 0.4) is 0 Å². The maximum absolute atomic E-state index is 10.7. The Morgan fingerprint density at radius 1 is 1.20 bits per heavy atom. The summed E-state index contributed by atoms with van der Waals surface area (Å²) in [4.78, 5) is 0. The molecule has 0 heterocycles. The van der Waals surface area contributed by atoms with Crippen molar-refractivity contribution in [3.8, 4) is 0 Å². The van der Waals surface area contributed by atoms with Crippen molar-refractivity contribution in [1.29, 1.82) is 0 Å². The molecule has 3 rings (SSSR count). The summed E-state index contributed by atoms with van der Waals surface area (Å²) in [6.07, 6.45) is 8.97. The van der Waals surface area contributed by atoms with Gasteiger partial charge in [0, 0.05) is 18.3 Å². The molecule has 1 aromatic carbocycles. The molecule has 2 aliphatic rings. The third kappa shape index (κ3) is 2.99. The molecule has 0 saturated heterocycles. The largest absolute Gasteiger partial charge is 0.399 e. The fourth-order valence-electron chi connectivity index (χ4n) is 3.73. The van der Waals surface area contributed by atoms with Crippen LogP contribution in [0, 0.1) is 0 Å². The van der Waals surface area contributed by atoms with Gasteiger partial charge in [0.1, 0.15) is 0 Å². The van der Waals surface area contributed by atoms with Crippen molar-refractivity contribution in [3.63, 3.8) is 0 Å². The monoisotopic (exact) mass is 274 g/mol. The van der Waals surface area contributed by atoms with Crippen molar-refractivity contribution >= 4 is 5.69 Å². The molecule has 0 spiro atoms. The van der Waals surface area contributed by atoms with Crippen LogP contribution in [0.25, 0.3) is 0 Å². The summed E-state index contributed by atoms with van der Waals surface area (Å²) in [7, 11) is 0. The van der Waals surface area contributed by atoms with Gasteiger partial charge < -0.3 is 16.2 Å². The maximum atomic E-state index is 10.7. The summed E-state index contributed by atoms with van der Waals surface area (Å²) >= 11 is 0. The van der Waals surface area contributed by atoms with E-state index >= 15 is 0 Å². The fourth-order valence-corrected chi connectivity index (χ4v) is 3.73. The second kappa shape index (κ2) is 5.74. The summed E-state index contributed by atoms with van der Waals surface area (Å²) in [5.41, 5.74) is 8.95. The molecule has 0 amide bonds. The van der Waals surface area contributed by atoms with E-state index in [2.05, 4.69) is 17.4 Å². The number of hydrogen-bond acceptors (Lipinski definition) is 3. The van der Waals surface area contributed by atoms with E-state index in [-0.39, 0.29) is 0 Å². The lowest BCUT2D eigenvalue weighted by Crippen LogP contribution is -2.41. The van der Waals surface area contributed by atoms with Gasteiger partial charge in [-0.2, -0.15) is 0 Å². The number of aryl methyl sites for hydroxylation is 1. The van der Waals surface area contributed by atoms with Crippen LogP contribution in [-0.2, 0) is 6.42 Å². The van der Waals surface area contributed by atoms with Crippen LogP contribution in [-0.4, -0.2) is 17.3 Å². The lowest BCUT2D eigenvalue weighted by Gasteiger charge is -2.29. The second-order valence-electron chi connectivity index (χ2n) is 6.57. The van der Waals surface area contributed by atoms with Gasteiger partial charge in [-0.1, -0.05) is 31.7 Å². The molecule has 0 radical (unpaired) electrons. The summed E-state index contributed by atoms with van der Waals surface area (Å²) in [6, 6.07) is 6.61. The van der Waals surface area contributed by atoms with Crippen molar-refractivity contribution in [2.45, 2.75) is 63.0 Å². The molecule has 1 fully saturated rings. The zero-order chi connectivity index (χ0) is 14.0. The first-order valence-electron chi connectivity index (χ1n) is 8.00. The van der Waals surface area contributed by atoms with Crippen LogP contribution in [0.5, 0.6) is 0 Å². The van der Waals surface area contributed by atoms with Gasteiger partial charge in [0.25, 0.3) is 0 Å². The molecule has 20 heavy (non-hydrogen) atoms. The normalized spacial score (nSPS) is 25.1. The lowest BCUT2D eigenvalue weighted by molar-refractivity contribution is 0.0227. The smallest absolute Gasteiger partial charge is 0.0771 e. The molecule has 3 heteroatoms. The van der Waals surface area contributed by atoms with Gasteiger partial charge in [-0.05, 0) is 48.9 Å². The number of nitrogens with one attached hydrogen (secondary N) is 1. The Hall–Kier alpha value is -1.06. The Balaban J connectivity index is 1.62. The average molecular weight is 274 g/mol. The van der Waals surface area contributed by atoms with Gasteiger partial charge in [-0.25, -0.2) is 0 Å². The highest BCUT2D eigenvalue weighted by molar-refractivity contribution is 5.47. The first kappa shape index (κ1) is 13.9. The van der Waals surface area contributed by atoms with Crippen molar-refractivity contribution < 1.29 is 5.11 Å². The number of nitrogen functional groups attached to an aromatic ring is 1. The molecular weight excluding hydrogens is 248 g/mol. The SMILES string of the molecule is Nc1ccc2c(c1)CCC2NCC1(O)CCCCCC1. The van der Waals surface area contributed by atoms with E-state index in [9.17, 15) is 5.11 Å². The minimum atomic E-state index is -0.493. The quantitative estimate of drug-likeness (QED) is 0.587. The van der Waals surface area contributed by atoms with E-state index in [1.807, 2.05) is 6.07 Å². The topological polar surface area (TPSA) is 58.3 Å². The number of rotatable bonds is 3. The zero-order valence-corrected chi connectivity index (χ0v) is 12.2. The third-order valence-electron chi connectivity index (χ3n) is 4.96. The first-order valence-corrected chi connectivity index (χ1v) is 8.00. The molecule has 1 aromatic rings. The number of hydrogen-bond donors (Lipinski definition) is 3. The highest BCUT2D eigenvalue weighted by Gasteiger charge is 2.30. The van der Waals surface area contributed by atoms with Gasteiger partial charge in [-0.3, -0.25) is 0 Å². The van der Waals surface area contributed by atoms with Crippen LogP contribution in [0.4, 0.5) is 5.69 Å². The molecular formula is C17H26N2O. The second-order valence-corrected chi connectivity index (χ2v) is 6.57. The first-order chi connectivity index (χ1) is 9.66. The summed E-state index contributed by atoms with van der Waals surface area (Å²) in [5, 5.41) is 14.3. The van der Waals surface area contributed by atoms with Crippen molar-refractivity contribution in [1.82, 2.24) is 5.32 Å². The van der Waals surface area contributed by atoms with Crippen LogP contribution in [0.15, 0.2) is 18.2 Å². The number of fused-ring (bicyclic) bond motifs is 1. The van der Waals surface area contributed by atoms with Crippen LogP contribution in [0.1, 0.15) is 62.1 Å².